The van der Waals surface area contributed by atoms with Crippen LogP contribution in [0.5, 0.6) is 0 Å². The fraction of sp³-hybridized carbons (Fsp3) is 0.667. The molecule has 0 rings (SSSR count). The summed E-state index contributed by atoms with van der Waals surface area (Å²) in [6.07, 6.45) is 6.99. The minimum absolute atomic E-state index is 0.267. The average molecular weight is 140 g/mol. The van der Waals surface area contributed by atoms with E-state index in [4.69, 9.17) is 0 Å². The van der Waals surface area contributed by atoms with E-state index in [-0.39, 0.29) is 5.92 Å². The van der Waals surface area contributed by atoms with Crippen molar-refractivity contribution < 1.29 is 4.79 Å². The van der Waals surface area contributed by atoms with Gasteiger partial charge in [-0.05, 0) is 19.3 Å². The highest BCUT2D eigenvalue weighted by Crippen LogP contribution is 2.10. The largest absolute Gasteiger partial charge is 0.303 e. The van der Waals surface area contributed by atoms with Crippen LogP contribution in [-0.2, 0) is 4.79 Å². The highest BCUT2D eigenvalue weighted by molar-refractivity contribution is 5.53. The van der Waals surface area contributed by atoms with Crippen LogP contribution < -0.4 is 0 Å². The first kappa shape index (κ1) is 9.41. The molecule has 0 heterocycles. The summed E-state index contributed by atoms with van der Waals surface area (Å²) in [5.74, 6) is 0.267. The number of hydrogen-bond donors (Lipinski definition) is 0. The Balaban J connectivity index is 3.38. The Morgan fingerprint density at radius 3 is 2.60 bits per heavy atom. The van der Waals surface area contributed by atoms with E-state index in [1.807, 2.05) is 6.08 Å². The van der Waals surface area contributed by atoms with Gasteiger partial charge in [-0.2, -0.15) is 0 Å². The highest BCUT2D eigenvalue weighted by Gasteiger charge is 2.02. The van der Waals surface area contributed by atoms with Crippen molar-refractivity contribution in [3.05, 3.63) is 12.7 Å². The number of aldehydes is 1. The number of carbonyl (C=O) groups excluding carboxylic acids is 1. The van der Waals surface area contributed by atoms with Crippen molar-refractivity contribution >= 4 is 6.29 Å². The first-order chi connectivity index (χ1) is 4.85. The van der Waals surface area contributed by atoms with Crippen LogP contribution in [0.3, 0.4) is 0 Å². The fourth-order valence-corrected chi connectivity index (χ4v) is 0.983. The summed E-state index contributed by atoms with van der Waals surface area (Å²) in [7, 11) is 0. The van der Waals surface area contributed by atoms with Crippen molar-refractivity contribution in [3.63, 3.8) is 0 Å². The Morgan fingerprint density at radius 1 is 1.50 bits per heavy atom. The summed E-state index contributed by atoms with van der Waals surface area (Å²) < 4.78 is 0. The summed E-state index contributed by atoms with van der Waals surface area (Å²) in [5.41, 5.74) is 0. The second-order valence-corrected chi connectivity index (χ2v) is 2.55. The second kappa shape index (κ2) is 6.53. The molecule has 0 fully saturated rings. The first-order valence-electron chi connectivity index (χ1n) is 3.91. The molecule has 0 N–H and O–H groups in total. The van der Waals surface area contributed by atoms with Crippen molar-refractivity contribution in [2.24, 2.45) is 5.92 Å². The molecule has 0 spiro atoms. The van der Waals surface area contributed by atoms with Gasteiger partial charge in [-0.3, -0.25) is 0 Å². The monoisotopic (exact) mass is 140 g/mol. The lowest BCUT2D eigenvalue weighted by molar-refractivity contribution is -0.111. The summed E-state index contributed by atoms with van der Waals surface area (Å²) in [6.45, 7) is 5.71. The predicted molar refractivity (Wildman–Crippen MR) is 43.9 cm³/mol. The highest BCUT2D eigenvalue weighted by atomic mass is 16.1. The van der Waals surface area contributed by atoms with Crippen LogP contribution in [0.4, 0.5) is 0 Å². The fourth-order valence-electron chi connectivity index (χ4n) is 0.983. The van der Waals surface area contributed by atoms with E-state index in [1.54, 1.807) is 0 Å². The maximum atomic E-state index is 10.4. The number of carbonyl (C=O) groups is 1. The third-order valence-corrected chi connectivity index (χ3v) is 1.59. The Morgan fingerprint density at radius 2 is 2.20 bits per heavy atom. The van der Waals surface area contributed by atoms with Gasteiger partial charge in [0.25, 0.3) is 0 Å². The molecule has 1 unspecified atom stereocenters. The topological polar surface area (TPSA) is 17.1 Å². The van der Waals surface area contributed by atoms with Gasteiger partial charge in [-0.1, -0.05) is 19.4 Å². The number of hydrogen-bond acceptors (Lipinski definition) is 1. The van der Waals surface area contributed by atoms with Gasteiger partial charge in [0.1, 0.15) is 6.29 Å². The van der Waals surface area contributed by atoms with E-state index in [1.165, 1.54) is 0 Å². The average Bonchev–Trinajstić information content (AvgIpc) is 1.98. The summed E-state index contributed by atoms with van der Waals surface area (Å²) >= 11 is 0. The molecule has 0 aromatic rings. The molecule has 0 amide bonds. The molecule has 0 aromatic heterocycles. The van der Waals surface area contributed by atoms with E-state index in [9.17, 15) is 4.79 Å². The van der Waals surface area contributed by atoms with Gasteiger partial charge in [0.15, 0.2) is 0 Å². The zero-order chi connectivity index (χ0) is 7.82. The lowest BCUT2D eigenvalue weighted by atomic mass is 10.00. The predicted octanol–water partition coefficient (Wildman–Crippen LogP) is 2.57. The zero-order valence-corrected chi connectivity index (χ0v) is 6.68. The van der Waals surface area contributed by atoms with E-state index in [2.05, 4.69) is 13.5 Å². The van der Waals surface area contributed by atoms with Crippen molar-refractivity contribution in [3.8, 4) is 0 Å². The summed E-state index contributed by atoms with van der Waals surface area (Å²) in [5, 5.41) is 0. The van der Waals surface area contributed by atoms with Crippen LogP contribution in [-0.4, -0.2) is 6.29 Å². The normalized spacial score (nSPS) is 12.5. The van der Waals surface area contributed by atoms with Gasteiger partial charge < -0.3 is 4.79 Å². The van der Waals surface area contributed by atoms with Gasteiger partial charge >= 0.3 is 0 Å². The smallest absolute Gasteiger partial charge is 0.123 e. The standard InChI is InChI=1S/C9H16O/c1-3-5-7-9(8-10)6-4-2/h3,8-9H,1,4-7H2,2H3. The molecule has 1 heteroatoms. The van der Waals surface area contributed by atoms with E-state index < -0.39 is 0 Å². The Bertz CT molecular complexity index is 96.9. The van der Waals surface area contributed by atoms with Crippen molar-refractivity contribution in [2.45, 2.75) is 32.6 Å². The van der Waals surface area contributed by atoms with Gasteiger partial charge in [0.2, 0.25) is 0 Å². The Hall–Kier alpha value is -0.590. The molecule has 1 nitrogen and oxygen atoms in total. The minimum Gasteiger partial charge on any atom is -0.303 e. The molecule has 0 saturated heterocycles. The van der Waals surface area contributed by atoms with Crippen LogP contribution in [0.2, 0.25) is 0 Å². The SMILES string of the molecule is C=CCCC(C=O)CCC. The van der Waals surface area contributed by atoms with Crippen molar-refractivity contribution in [2.75, 3.05) is 0 Å². The summed E-state index contributed by atoms with van der Waals surface area (Å²) in [4.78, 5) is 10.4. The molecular formula is C9H16O. The lowest BCUT2D eigenvalue weighted by Crippen LogP contribution is -2.00. The molecule has 0 bridgehead atoms. The van der Waals surface area contributed by atoms with Crippen LogP contribution in [0, 0.1) is 5.92 Å². The molecular weight excluding hydrogens is 124 g/mol. The zero-order valence-electron chi connectivity index (χ0n) is 6.68. The minimum atomic E-state index is 0.267. The van der Waals surface area contributed by atoms with Crippen LogP contribution in [0.25, 0.3) is 0 Å². The second-order valence-electron chi connectivity index (χ2n) is 2.55. The van der Waals surface area contributed by atoms with Gasteiger partial charge in [0, 0.05) is 5.92 Å². The van der Waals surface area contributed by atoms with Crippen molar-refractivity contribution in [1.29, 1.82) is 0 Å². The molecule has 58 valence electrons. The van der Waals surface area contributed by atoms with Crippen LogP contribution in [0.15, 0.2) is 12.7 Å². The molecule has 0 radical (unpaired) electrons. The lowest BCUT2D eigenvalue weighted by Gasteiger charge is -2.04. The van der Waals surface area contributed by atoms with Crippen LogP contribution in [0.1, 0.15) is 32.6 Å². The molecule has 0 saturated carbocycles. The maximum Gasteiger partial charge on any atom is 0.123 e. The third kappa shape index (κ3) is 4.30. The Labute approximate surface area is 63.1 Å². The maximum absolute atomic E-state index is 10.4. The molecule has 0 aliphatic carbocycles. The van der Waals surface area contributed by atoms with Gasteiger partial charge in [-0.25, -0.2) is 0 Å². The third-order valence-electron chi connectivity index (χ3n) is 1.59. The van der Waals surface area contributed by atoms with Crippen molar-refractivity contribution in [1.82, 2.24) is 0 Å². The Kier molecular flexibility index (Phi) is 6.14. The molecule has 1 atom stereocenters. The number of allylic oxidation sites excluding steroid dienone is 1. The van der Waals surface area contributed by atoms with Gasteiger partial charge in [0.05, 0.1) is 0 Å². The molecule has 10 heavy (non-hydrogen) atoms. The summed E-state index contributed by atoms with van der Waals surface area (Å²) in [6, 6.07) is 0. The van der Waals surface area contributed by atoms with E-state index in [0.717, 1.165) is 32.0 Å². The van der Waals surface area contributed by atoms with Gasteiger partial charge in [-0.15, -0.1) is 6.58 Å². The van der Waals surface area contributed by atoms with E-state index >= 15 is 0 Å². The molecule has 0 aromatic carbocycles. The first-order valence-corrected chi connectivity index (χ1v) is 3.91. The van der Waals surface area contributed by atoms with Crippen LogP contribution >= 0.6 is 0 Å². The molecule has 0 aliphatic heterocycles. The quantitative estimate of drug-likeness (QED) is 0.409. The van der Waals surface area contributed by atoms with E-state index in [0.29, 0.717) is 0 Å². The molecule has 0 aliphatic rings. The number of rotatable bonds is 6.